The molecule has 84 valence electrons. The summed E-state index contributed by atoms with van der Waals surface area (Å²) in [7, 11) is 0. The number of aromatic nitrogens is 3. The van der Waals surface area contributed by atoms with Gasteiger partial charge in [-0.3, -0.25) is 0 Å². The van der Waals surface area contributed by atoms with Crippen LogP contribution in [0, 0.1) is 6.92 Å². The molecule has 0 spiro atoms. The van der Waals surface area contributed by atoms with Crippen LogP contribution in [0.15, 0.2) is 28.7 Å². The molecule has 6 heteroatoms. The molecule has 1 aromatic heterocycles. The molecule has 0 radical (unpaired) electrons. The molecule has 0 unspecified atom stereocenters. The third kappa shape index (κ3) is 1.97. The standard InChI is InChI=1S/C10H8BrF2N3/c1-6-9(10(12)13)14-15-16(6)8-4-2-3-7(11)5-8/h2-5,10H,1H3. The number of nitrogens with zero attached hydrogens (tertiary/aromatic N) is 3. The van der Waals surface area contributed by atoms with E-state index in [1.165, 1.54) is 4.68 Å². The van der Waals surface area contributed by atoms with Gasteiger partial charge in [0.05, 0.1) is 11.4 Å². The lowest BCUT2D eigenvalue weighted by molar-refractivity contribution is 0.145. The maximum absolute atomic E-state index is 12.5. The van der Waals surface area contributed by atoms with Gasteiger partial charge in [0.15, 0.2) is 5.69 Å². The smallest absolute Gasteiger partial charge is 0.217 e. The number of benzene rings is 1. The molecule has 0 N–H and O–H groups in total. The van der Waals surface area contributed by atoms with E-state index in [1.54, 1.807) is 19.1 Å². The van der Waals surface area contributed by atoms with Crippen molar-refractivity contribution in [1.82, 2.24) is 15.0 Å². The number of alkyl halides is 2. The van der Waals surface area contributed by atoms with Crippen molar-refractivity contribution >= 4 is 15.9 Å². The quantitative estimate of drug-likeness (QED) is 0.849. The molecule has 2 aromatic rings. The number of rotatable bonds is 2. The topological polar surface area (TPSA) is 30.7 Å². The zero-order valence-electron chi connectivity index (χ0n) is 8.36. The van der Waals surface area contributed by atoms with E-state index in [0.717, 1.165) is 4.47 Å². The fraction of sp³-hybridized carbons (Fsp3) is 0.200. The van der Waals surface area contributed by atoms with Gasteiger partial charge >= 0.3 is 0 Å². The van der Waals surface area contributed by atoms with Crippen LogP contribution in [0.5, 0.6) is 0 Å². The number of halogens is 3. The highest BCUT2D eigenvalue weighted by Crippen LogP contribution is 2.22. The van der Waals surface area contributed by atoms with Crippen molar-refractivity contribution in [1.29, 1.82) is 0 Å². The molecule has 1 aromatic carbocycles. The Morgan fingerprint density at radius 1 is 1.38 bits per heavy atom. The van der Waals surface area contributed by atoms with E-state index in [1.807, 2.05) is 12.1 Å². The SMILES string of the molecule is Cc1c(C(F)F)nnn1-c1cccc(Br)c1. The molecule has 0 amide bonds. The molecule has 3 nitrogen and oxygen atoms in total. The first-order valence-corrected chi connectivity index (χ1v) is 5.35. The first-order chi connectivity index (χ1) is 7.59. The van der Waals surface area contributed by atoms with Crippen LogP contribution in [-0.2, 0) is 0 Å². The summed E-state index contributed by atoms with van der Waals surface area (Å²) < 4.78 is 27.3. The Bertz CT molecular complexity index is 511. The number of hydrogen-bond donors (Lipinski definition) is 0. The van der Waals surface area contributed by atoms with Crippen LogP contribution in [0.3, 0.4) is 0 Å². The molecule has 1 heterocycles. The van der Waals surface area contributed by atoms with E-state index in [9.17, 15) is 8.78 Å². The lowest BCUT2D eigenvalue weighted by atomic mass is 10.3. The maximum Gasteiger partial charge on any atom is 0.284 e. The number of hydrogen-bond acceptors (Lipinski definition) is 2. The van der Waals surface area contributed by atoms with E-state index < -0.39 is 6.43 Å². The van der Waals surface area contributed by atoms with Crippen LogP contribution in [0.1, 0.15) is 17.8 Å². The molecular weight excluding hydrogens is 280 g/mol. The fourth-order valence-corrected chi connectivity index (χ4v) is 1.78. The first-order valence-electron chi connectivity index (χ1n) is 4.56. The van der Waals surface area contributed by atoms with Crippen LogP contribution in [-0.4, -0.2) is 15.0 Å². The van der Waals surface area contributed by atoms with Gasteiger partial charge < -0.3 is 0 Å². The van der Waals surface area contributed by atoms with Crippen molar-refractivity contribution in [2.75, 3.05) is 0 Å². The summed E-state index contributed by atoms with van der Waals surface area (Å²) in [4.78, 5) is 0. The largest absolute Gasteiger partial charge is 0.284 e. The Labute approximate surface area is 99.2 Å². The van der Waals surface area contributed by atoms with Gasteiger partial charge in [0.2, 0.25) is 0 Å². The van der Waals surface area contributed by atoms with Crippen molar-refractivity contribution in [2.24, 2.45) is 0 Å². The zero-order valence-corrected chi connectivity index (χ0v) is 9.95. The Balaban J connectivity index is 2.49. The summed E-state index contributed by atoms with van der Waals surface area (Å²) in [6.07, 6.45) is -2.60. The van der Waals surface area contributed by atoms with Crippen LogP contribution >= 0.6 is 15.9 Å². The van der Waals surface area contributed by atoms with Crippen LogP contribution in [0.4, 0.5) is 8.78 Å². The van der Waals surface area contributed by atoms with E-state index in [-0.39, 0.29) is 5.69 Å². The average Bonchev–Trinajstić information content (AvgIpc) is 2.60. The molecule has 0 atom stereocenters. The van der Waals surface area contributed by atoms with E-state index in [2.05, 4.69) is 26.2 Å². The minimum atomic E-state index is -2.60. The molecule has 0 bridgehead atoms. The minimum absolute atomic E-state index is 0.278. The molecule has 16 heavy (non-hydrogen) atoms. The van der Waals surface area contributed by atoms with Crippen molar-refractivity contribution in [3.8, 4) is 5.69 Å². The third-order valence-corrected chi connectivity index (χ3v) is 2.68. The van der Waals surface area contributed by atoms with Gasteiger partial charge in [-0.1, -0.05) is 27.2 Å². The molecule has 0 saturated heterocycles. The second kappa shape index (κ2) is 4.29. The van der Waals surface area contributed by atoms with Crippen LogP contribution in [0.25, 0.3) is 5.69 Å². The summed E-state index contributed by atoms with van der Waals surface area (Å²) in [6.45, 7) is 1.57. The predicted octanol–water partition coefficient (Wildman–Crippen LogP) is 3.28. The van der Waals surface area contributed by atoms with E-state index in [0.29, 0.717) is 11.4 Å². The Morgan fingerprint density at radius 3 is 2.69 bits per heavy atom. The molecular formula is C10H8BrF2N3. The average molecular weight is 288 g/mol. The van der Waals surface area contributed by atoms with E-state index in [4.69, 9.17) is 0 Å². The molecule has 0 aliphatic carbocycles. The van der Waals surface area contributed by atoms with Crippen molar-refractivity contribution in [3.05, 3.63) is 40.1 Å². The Morgan fingerprint density at radius 2 is 2.12 bits per heavy atom. The fourth-order valence-electron chi connectivity index (χ4n) is 1.40. The van der Waals surface area contributed by atoms with Crippen LogP contribution < -0.4 is 0 Å². The first kappa shape index (κ1) is 11.2. The molecule has 0 aliphatic heterocycles. The van der Waals surface area contributed by atoms with Crippen LogP contribution in [0.2, 0.25) is 0 Å². The maximum atomic E-state index is 12.5. The van der Waals surface area contributed by atoms with Gasteiger partial charge in [-0.25, -0.2) is 13.5 Å². The van der Waals surface area contributed by atoms with Gasteiger partial charge in [-0.05, 0) is 25.1 Å². The molecule has 0 saturated carbocycles. The van der Waals surface area contributed by atoms with Crippen molar-refractivity contribution in [2.45, 2.75) is 13.3 Å². The van der Waals surface area contributed by atoms with E-state index >= 15 is 0 Å². The summed E-state index contributed by atoms with van der Waals surface area (Å²) in [5.41, 5.74) is 0.777. The van der Waals surface area contributed by atoms with Crippen molar-refractivity contribution < 1.29 is 8.78 Å². The lowest BCUT2D eigenvalue weighted by Gasteiger charge is -2.03. The summed E-state index contributed by atoms with van der Waals surface area (Å²) in [5.74, 6) is 0. The summed E-state index contributed by atoms with van der Waals surface area (Å²) >= 11 is 3.31. The summed E-state index contributed by atoms with van der Waals surface area (Å²) in [6, 6.07) is 7.23. The molecule has 2 rings (SSSR count). The Hall–Kier alpha value is -1.30. The molecule has 0 fully saturated rings. The minimum Gasteiger partial charge on any atom is -0.217 e. The van der Waals surface area contributed by atoms with Gasteiger partial charge in [0.1, 0.15) is 0 Å². The van der Waals surface area contributed by atoms with Gasteiger partial charge in [0.25, 0.3) is 6.43 Å². The highest BCUT2D eigenvalue weighted by molar-refractivity contribution is 9.10. The zero-order chi connectivity index (χ0) is 11.7. The highest BCUT2D eigenvalue weighted by atomic mass is 79.9. The second-order valence-electron chi connectivity index (χ2n) is 3.25. The van der Waals surface area contributed by atoms with Gasteiger partial charge in [-0.2, -0.15) is 0 Å². The Kier molecular flexibility index (Phi) is 3.00. The van der Waals surface area contributed by atoms with Gasteiger partial charge in [0, 0.05) is 4.47 Å². The third-order valence-electron chi connectivity index (χ3n) is 2.19. The van der Waals surface area contributed by atoms with Crippen molar-refractivity contribution in [3.63, 3.8) is 0 Å². The summed E-state index contributed by atoms with van der Waals surface area (Å²) in [5, 5.41) is 7.18. The highest BCUT2D eigenvalue weighted by Gasteiger charge is 2.18. The molecule has 0 aliphatic rings. The normalized spacial score (nSPS) is 11.1. The monoisotopic (exact) mass is 287 g/mol. The lowest BCUT2D eigenvalue weighted by Crippen LogP contribution is -1.99. The van der Waals surface area contributed by atoms with Gasteiger partial charge in [-0.15, -0.1) is 5.10 Å². The predicted molar refractivity (Wildman–Crippen MR) is 58.8 cm³/mol. The second-order valence-corrected chi connectivity index (χ2v) is 4.17.